The van der Waals surface area contributed by atoms with Crippen molar-refractivity contribution in [2.24, 2.45) is 0 Å². The van der Waals surface area contributed by atoms with Crippen molar-refractivity contribution in [3.05, 3.63) is 25.9 Å². The molecule has 0 fully saturated rings. The molecule has 1 nitrogen and oxygen atoms in total. The van der Waals surface area contributed by atoms with Crippen LogP contribution in [0.1, 0.15) is 5.56 Å². The monoisotopic (exact) mass is 612 g/mol. The van der Waals surface area contributed by atoms with Gasteiger partial charge in [-0.05, 0) is 96.4 Å². The quantitative estimate of drug-likeness (QED) is 0.293. The van der Waals surface area contributed by atoms with Crippen molar-refractivity contribution < 1.29 is 5.11 Å². The topological polar surface area (TPSA) is 20.2 Å². The standard InChI is InChI=1S/C7H4I4O/c8-4-1-5(9)7(11)6(10)3(4)2-12/h1,12H,2H2. The number of hydrogen-bond acceptors (Lipinski definition) is 1. The molecule has 0 atom stereocenters. The van der Waals surface area contributed by atoms with E-state index >= 15 is 0 Å². The van der Waals surface area contributed by atoms with Crippen molar-refractivity contribution in [2.75, 3.05) is 0 Å². The first-order valence-electron chi connectivity index (χ1n) is 3.00. The molecule has 1 rings (SSSR count). The molecule has 12 heavy (non-hydrogen) atoms. The molecule has 0 aliphatic rings. The Kier molecular flexibility index (Phi) is 5.33. The first-order chi connectivity index (χ1) is 5.57. The molecule has 0 heterocycles. The molecule has 0 radical (unpaired) electrons. The number of rotatable bonds is 1. The van der Waals surface area contributed by atoms with Gasteiger partial charge < -0.3 is 5.11 Å². The molecule has 0 amide bonds. The Balaban J connectivity index is 3.40. The van der Waals surface area contributed by atoms with Crippen LogP contribution in [-0.2, 0) is 6.61 Å². The van der Waals surface area contributed by atoms with Gasteiger partial charge in [0, 0.05) is 19.8 Å². The molecule has 0 saturated carbocycles. The molecule has 0 saturated heterocycles. The fraction of sp³-hybridized carbons (Fsp3) is 0.143. The van der Waals surface area contributed by atoms with Gasteiger partial charge in [-0.25, -0.2) is 0 Å². The Hall–Kier alpha value is 2.10. The van der Waals surface area contributed by atoms with Crippen molar-refractivity contribution in [1.82, 2.24) is 0 Å². The average molecular weight is 612 g/mol. The van der Waals surface area contributed by atoms with E-state index in [-0.39, 0.29) is 6.61 Å². The van der Waals surface area contributed by atoms with Gasteiger partial charge in [0.2, 0.25) is 0 Å². The van der Waals surface area contributed by atoms with E-state index in [1.807, 2.05) is 0 Å². The largest absolute Gasteiger partial charge is 0.392 e. The molecule has 0 bridgehead atoms. The second-order valence-electron chi connectivity index (χ2n) is 2.10. The van der Waals surface area contributed by atoms with Gasteiger partial charge in [-0.2, -0.15) is 0 Å². The molecule has 0 spiro atoms. The molecule has 0 aromatic heterocycles. The van der Waals surface area contributed by atoms with Crippen molar-refractivity contribution in [3.8, 4) is 0 Å². The lowest BCUT2D eigenvalue weighted by Crippen LogP contribution is -1.98. The van der Waals surface area contributed by atoms with Gasteiger partial charge in [0.15, 0.2) is 0 Å². The van der Waals surface area contributed by atoms with Gasteiger partial charge in [-0.1, -0.05) is 0 Å². The van der Waals surface area contributed by atoms with E-state index in [2.05, 4.69) is 96.4 Å². The van der Waals surface area contributed by atoms with Crippen LogP contribution in [0.4, 0.5) is 0 Å². The number of benzene rings is 1. The highest BCUT2D eigenvalue weighted by molar-refractivity contribution is 14.1. The lowest BCUT2D eigenvalue weighted by Gasteiger charge is -2.07. The van der Waals surface area contributed by atoms with Crippen LogP contribution in [-0.4, -0.2) is 5.11 Å². The van der Waals surface area contributed by atoms with Crippen LogP contribution in [0.25, 0.3) is 0 Å². The van der Waals surface area contributed by atoms with Crippen LogP contribution < -0.4 is 0 Å². The summed E-state index contributed by atoms with van der Waals surface area (Å²) < 4.78 is 4.80. The Morgan fingerprint density at radius 2 is 1.58 bits per heavy atom. The summed E-state index contributed by atoms with van der Waals surface area (Å²) in [6.07, 6.45) is 0. The van der Waals surface area contributed by atoms with Gasteiger partial charge in [0.05, 0.1) is 6.61 Å². The average Bonchev–Trinajstić information content (AvgIpc) is 2.01. The van der Waals surface area contributed by atoms with Gasteiger partial charge in [0.1, 0.15) is 0 Å². The van der Waals surface area contributed by atoms with Crippen molar-refractivity contribution in [3.63, 3.8) is 0 Å². The second-order valence-corrected chi connectivity index (χ2v) is 6.59. The van der Waals surface area contributed by atoms with Crippen LogP contribution >= 0.6 is 90.4 Å². The molecular weight excluding hydrogens is 608 g/mol. The molecule has 5 heteroatoms. The van der Waals surface area contributed by atoms with E-state index in [1.54, 1.807) is 0 Å². The predicted octanol–water partition coefficient (Wildman–Crippen LogP) is 3.60. The van der Waals surface area contributed by atoms with Gasteiger partial charge in [-0.15, -0.1) is 0 Å². The number of hydrogen-bond donors (Lipinski definition) is 1. The molecule has 66 valence electrons. The highest BCUT2D eigenvalue weighted by Gasteiger charge is 2.10. The minimum absolute atomic E-state index is 0.128. The SMILES string of the molecule is OCc1c(I)cc(I)c(I)c1I. The fourth-order valence-electron chi connectivity index (χ4n) is 0.749. The maximum absolute atomic E-state index is 9.10. The molecule has 0 aliphatic carbocycles. The van der Waals surface area contributed by atoms with E-state index < -0.39 is 0 Å². The van der Waals surface area contributed by atoms with Crippen LogP contribution in [0.15, 0.2) is 6.07 Å². The zero-order valence-electron chi connectivity index (χ0n) is 5.74. The zero-order chi connectivity index (χ0) is 9.30. The summed E-state index contributed by atoms with van der Waals surface area (Å²) in [5.74, 6) is 0. The molecule has 1 aromatic carbocycles. The highest BCUT2D eigenvalue weighted by atomic mass is 127. The summed E-state index contributed by atoms with van der Waals surface area (Å²) in [6.45, 7) is 0.128. The minimum Gasteiger partial charge on any atom is -0.392 e. The third kappa shape index (κ3) is 2.57. The van der Waals surface area contributed by atoms with Crippen molar-refractivity contribution in [1.29, 1.82) is 0 Å². The van der Waals surface area contributed by atoms with E-state index in [9.17, 15) is 0 Å². The summed E-state index contributed by atoms with van der Waals surface area (Å²) in [6, 6.07) is 2.09. The Bertz CT molecular complexity index is 311. The first kappa shape index (κ1) is 12.2. The van der Waals surface area contributed by atoms with Crippen molar-refractivity contribution >= 4 is 90.4 Å². The molecule has 1 N–H and O–H groups in total. The predicted molar refractivity (Wildman–Crippen MR) is 83.2 cm³/mol. The fourth-order valence-corrected chi connectivity index (χ4v) is 4.94. The summed E-state index contributed by atoms with van der Waals surface area (Å²) in [4.78, 5) is 0. The molecule has 0 unspecified atom stereocenters. The summed E-state index contributed by atoms with van der Waals surface area (Å²) in [5.41, 5.74) is 1.04. The maximum Gasteiger partial charge on any atom is 0.0702 e. The Morgan fingerprint density at radius 1 is 1.00 bits per heavy atom. The van der Waals surface area contributed by atoms with Gasteiger partial charge in [0.25, 0.3) is 0 Å². The van der Waals surface area contributed by atoms with Gasteiger partial charge >= 0.3 is 0 Å². The molecule has 1 aromatic rings. The van der Waals surface area contributed by atoms with Crippen LogP contribution in [0, 0.1) is 14.3 Å². The summed E-state index contributed by atoms with van der Waals surface area (Å²) >= 11 is 9.15. The van der Waals surface area contributed by atoms with E-state index in [4.69, 9.17) is 5.11 Å². The lowest BCUT2D eigenvalue weighted by molar-refractivity contribution is 0.280. The molecular formula is C7H4I4O. The maximum atomic E-state index is 9.10. The Morgan fingerprint density at radius 3 is 2.08 bits per heavy atom. The number of halogens is 4. The highest BCUT2D eigenvalue weighted by Crippen LogP contribution is 2.28. The van der Waals surface area contributed by atoms with Crippen LogP contribution in [0.2, 0.25) is 0 Å². The summed E-state index contributed by atoms with van der Waals surface area (Å²) in [7, 11) is 0. The number of aliphatic hydroxyl groups is 1. The third-order valence-electron chi connectivity index (χ3n) is 1.37. The lowest BCUT2D eigenvalue weighted by atomic mass is 10.2. The normalized spacial score (nSPS) is 10.4. The van der Waals surface area contributed by atoms with Crippen LogP contribution in [0.5, 0.6) is 0 Å². The summed E-state index contributed by atoms with van der Waals surface area (Å²) in [5, 5.41) is 9.10. The number of aliphatic hydroxyl groups excluding tert-OH is 1. The smallest absolute Gasteiger partial charge is 0.0702 e. The first-order valence-corrected chi connectivity index (χ1v) is 7.32. The Labute approximate surface area is 126 Å². The zero-order valence-corrected chi connectivity index (χ0v) is 14.4. The van der Waals surface area contributed by atoms with E-state index in [0.717, 1.165) is 9.13 Å². The van der Waals surface area contributed by atoms with E-state index in [1.165, 1.54) is 10.7 Å². The van der Waals surface area contributed by atoms with E-state index in [0.29, 0.717) is 0 Å². The third-order valence-corrected chi connectivity index (χ3v) is 7.56. The second kappa shape index (κ2) is 5.26. The molecule has 0 aliphatic heterocycles. The van der Waals surface area contributed by atoms with Crippen LogP contribution in [0.3, 0.4) is 0 Å². The minimum atomic E-state index is 0.128. The van der Waals surface area contributed by atoms with Gasteiger partial charge in [-0.3, -0.25) is 0 Å². The van der Waals surface area contributed by atoms with Crippen molar-refractivity contribution in [2.45, 2.75) is 6.61 Å².